The third-order valence-corrected chi connectivity index (χ3v) is 3.23. The Hall–Kier alpha value is -1.48. The smallest absolute Gasteiger partial charge is 0.389 e. The third kappa shape index (κ3) is 11.7. The van der Waals surface area contributed by atoms with Crippen LogP contribution in [0.2, 0.25) is 0 Å². The molecule has 2 unspecified atom stereocenters. The summed E-state index contributed by atoms with van der Waals surface area (Å²) in [5.74, 6) is -6.14. The molecule has 0 amide bonds. The number of carbonyl (C=O) groups is 2. The van der Waals surface area contributed by atoms with E-state index < -0.39 is 73.8 Å². The minimum absolute atomic E-state index is 0.525. The van der Waals surface area contributed by atoms with Crippen molar-refractivity contribution < 1.29 is 45.8 Å². The van der Waals surface area contributed by atoms with E-state index in [1.54, 1.807) is 0 Å². The van der Waals surface area contributed by atoms with Gasteiger partial charge in [-0.2, -0.15) is 26.3 Å². The van der Waals surface area contributed by atoms with Crippen LogP contribution in [-0.4, -0.2) is 35.0 Å². The molecule has 0 aliphatic carbocycles. The van der Waals surface area contributed by atoms with Gasteiger partial charge >= 0.3 is 24.3 Å². The average Bonchev–Trinajstić information content (AvgIpc) is 2.31. The van der Waals surface area contributed by atoms with Crippen LogP contribution < -0.4 is 0 Å². The van der Waals surface area contributed by atoms with E-state index in [1.807, 2.05) is 0 Å². The number of esters is 1. The fourth-order valence-corrected chi connectivity index (χ4v) is 2.20. The van der Waals surface area contributed by atoms with E-state index in [4.69, 9.17) is 9.84 Å². The van der Waals surface area contributed by atoms with E-state index in [1.165, 1.54) is 20.8 Å². The van der Waals surface area contributed by atoms with E-state index in [-0.39, 0.29) is 0 Å². The van der Waals surface area contributed by atoms with Gasteiger partial charge in [-0.25, -0.2) is 0 Å². The maximum atomic E-state index is 12.4. The SMILES string of the molecule is CC(C)(C)OC(=O)C(CCCC(F)(F)F)C(CCC(F)(F)F)C(=O)O. The molecule has 0 bridgehead atoms. The first-order chi connectivity index (χ1) is 11.0. The summed E-state index contributed by atoms with van der Waals surface area (Å²) in [4.78, 5) is 23.4. The van der Waals surface area contributed by atoms with Gasteiger partial charge < -0.3 is 9.84 Å². The van der Waals surface area contributed by atoms with Crippen LogP contribution in [0, 0.1) is 11.8 Å². The quantitative estimate of drug-likeness (QED) is 0.489. The van der Waals surface area contributed by atoms with Crippen molar-refractivity contribution in [2.24, 2.45) is 11.8 Å². The van der Waals surface area contributed by atoms with E-state index in [0.717, 1.165) is 0 Å². The predicted octanol–water partition coefficient (Wildman–Crippen LogP) is 4.72. The summed E-state index contributed by atoms with van der Waals surface area (Å²) >= 11 is 0. The summed E-state index contributed by atoms with van der Waals surface area (Å²) in [5.41, 5.74) is -1.05. The number of alkyl halides is 6. The fraction of sp³-hybridized carbons (Fsp3) is 0.867. The molecule has 25 heavy (non-hydrogen) atoms. The van der Waals surface area contributed by atoms with E-state index >= 15 is 0 Å². The number of rotatable bonds is 8. The first-order valence-electron chi connectivity index (χ1n) is 7.61. The van der Waals surface area contributed by atoms with Crippen LogP contribution >= 0.6 is 0 Å². The predicted molar refractivity (Wildman–Crippen MR) is 75.7 cm³/mol. The van der Waals surface area contributed by atoms with Crippen LogP contribution in [0.3, 0.4) is 0 Å². The maximum absolute atomic E-state index is 12.4. The van der Waals surface area contributed by atoms with E-state index in [9.17, 15) is 35.9 Å². The molecule has 148 valence electrons. The van der Waals surface area contributed by atoms with Crippen LogP contribution in [0.4, 0.5) is 26.3 Å². The van der Waals surface area contributed by atoms with Gasteiger partial charge in [-0.15, -0.1) is 0 Å². The average molecular weight is 380 g/mol. The lowest BCUT2D eigenvalue weighted by atomic mass is 9.84. The Bertz CT molecular complexity index is 450. The van der Waals surface area contributed by atoms with Crippen molar-refractivity contribution in [3.8, 4) is 0 Å². The molecule has 0 aliphatic heterocycles. The van der Waals surface area contributed by atoms with Gasteiger partial charge in [0.1, 0.15) is 5.60 Å². The minimum Gasteiger partial charge on any atom is -0.481 e. The Morgan fingerprint density at radius 1 is 0.880 bits per heavy atom. The van der Waals surface area contributed by atoms with Gasteiger partial charge in [-0.05, 0) is 40.0 Å². The molecule has 4 nitrogen and oxygen atoms in total. The Labute approximate surface area is 141 Å². The monoisotopic (exact) mass is 380 g/mol. The van der Waals surface area contributed by atoms with Gasteiger partial charge in [0.25, 0.3) is 0 Å². The highest BCUT2D eigenvalue weighted by atomic mass is 19.4. The van der Waals surface area contributed by atoms with Gasteiger partial charge in [0.05, 0.1) is 11.8 Å². The molecule has 0 saturated carbocycles. The van der Waals surface area contributed by atoms with Crippen molar-refractivity contribution in [1.29, 1.82) is 0 Å². The standard InChI is InChI=1S/C15H22F6O4/c1-13(2,3)25-12(24)10(5-4-7-14(16,17)18)9(11(22)23)6-8-15(19,20)21/h9-10H,4-8H2,1-3H3,(H,22,23). The topological polar surface area (TPSA) is 63.6 Å². The third-order valence-electron chi connectivity index (χ3n) is 3.23. The number of carboxylic acids is 1. The lowest BCUT2D eigenvalue weighted by Gasteiger charge is -2.27. The highest BCUT2D eigenvalue weighted by Crippen LogP contribution is 2.33. The van der Waals surface area contributed by atoms with Crippen molar-refractivity contribution in [3.63, 3.8) is 0 Å². The maximum Gasteiger partial charge on any atom is 0.389 e. The van der Waals surface area contributed by atoms with Gasteiger partial charge in [-0.1, -0.05) is 0 Å². The molecule has 0 aromatic heterocycles. The summed E-state index contributed by atoms with van der Waals surface area (Å²) < 4.78 is 78.9. The first-order valence-corrected chi connectivity index (χ1v) is 7.61. The molecular formula is C15H22F6O4. The number of aliphatic carboxylic acids is 1. The summed E-state index contributed by atoms with van der Waals surface area (Å²) in [7, 11) is 0. The molecule has 0 radical (unpaired) electrons. The highest BCUT2D eigenvalue weighted by molar-refractivity contribution is 5.81. The van der Waals surface area contributed by atoms with Crippen LogP contribution in [0.1, 0.15) is 52.9 Å². The second-order valence-electron chi connectivity index (χ2n) is 6.75. The van der Waals surface area contributed by atoms with Crippen molar-refractivity contribution in [2.75, 3.05) is 0 Å². The summed E-state index contributed by atoms with van der Waals surface area (Å²) in [6, 6.07) is 0. The molecule has 0 fully saturated rings. The lowest BCUT2D eigenvalue weighted by molar-refractivity contribution is -0.171. The molecule has 0 heterocycles. The van der Waals surface area contributed by atoms with Crippen molar-refractivity contribution in [2.45, 2.75) is 70.8 Å². The lowest BCUT2D eigenvalue weighted by Crippen LogP contribution is -2.36. The fourth-order valence-electron chi connectivity index (χ4n) is 2.20. The zero-order valence-corrected chi connectivity index (χ0v) is 14.1. The van der Waals surface area contributed by atoms with Gasteiger partial charge in [0.15, 0.2) is 0 Å². The zero-order chi connectivity index (χ0) is 20.1. The molecule has 0 aromatic rings. The molecule has 10 heteroatoms. The number of hydrogen-bond donors (Lipinski definition) is 1. The van der Waals surface area contributed by atoms with Crippen molar-refractivity contribution in [3.05, 3.63) is 0 Å². The Kier molecular flexibility index (Phi) is 8.23. The number of carbonyl (C=O) groups excluding carboxylic acids is 1. The number of hydrogen-bond acceptors (Lipinski definition) is 3. The molecule has 0 rings (SSSR count). The summed E-state index contributed by atoms with van der Waals surface area (Å²) in [6.45, 7) is 4.38. The Morgan fingerprint density at radius 2 is 1.36 bits per heavy atom. The number of halogens is 6. The second-order valence-corrected chi connectivity index (χ2v) is 6.75. The highest BCUT2D eigenvalue weighted by Gasteiger charge is 2.40. The van der Waals surface area contributed by atoms with Crippen LogP contribution in [0.5, 0.6) is 0 Å². The first kappa shape index (κ1) is 23.5. The Morgan fingerprint density at radius 3 is 1.72 bits per heavy atom. The minimum atomic E-state index is -4.64. The van der Waals surface area contributed by atoms with Gasteiger partial charge in [-0.3, -0.25) is 9.59 Å². The van der Waals surface area contributed by atoms with Gasteiger partial charge in [0.2, 0.25) is 0 Å². The molecule has 0 aromatic carbocycles. The van der Waals surface area contributed by atoms with Crippen LogP contribution in [-0.2, 0) is 14.3 Å². The van der Waals surface area contributed by atoms with Crippen LogP contribution in [0.25, 0.3) is 0 Å². The largest absolute Gasteiger partial charge is 0.481 e. The molecular weight excluding hydrogens is 358 g/mol. The molecule has 0 spiro atoms. The summed E-state index contributed by atoms with van der Waals surface area (Å²) in [5, 5.41) is 9.15. The molecule has 2 atom stereocenters. The Balaban J connectivity index is 5.26. The molecule has 1 N–H and O–H groups in total. The normalized spacial score (nSPS) is 15.6. The number of carboxylic acid groups (broad SMARTS) is 1. The van der Waals surface area contributed by atoms with Crippen molar-refractivity contribution >= 4 is 11.9 Å². The zero-order valence-electron chi connectivity index (χ0n) is 14.1. The van der Waals surface area contributed by atoms with Crippen LogP contribution in [0.15, 0.2) is 0 Å². The summed E-state index contributed by atoms with van der Waals surface area (Å²) in [6.07, 6.45) is -13.9. The molecule has 0 aliphatic rings. The van der Waals surface area contributed by atoms with Gasteiger partial charge in [0, 0.05) is 12.8 Å². The van der Waals surface area contributed by atoms with Crippen molar-refractivity contribution in [1.82, 2.24) is 0 Å². The molecule has 0 saturated heterocycles. The van der Waals surface area contributed by atoms with E-state index in [2.05, 4.69) is 0 Å². The second kappa shape index (κ2) is 8.75. The number of ether oxygens (including phenoxy) is 1. The van der Waals surface area contributed by atoms with E-state index in [0.29, 0.717) is 0 Å².